The van der Waals surface area contributed by atoms with Gasteiger partial charge in [-0.1, -0.05) is 36.4 Å². The fraction of sp³-hybridized carbons (Fsp3) is 0.381. The van der Waals surface area contributed by atoms with Gasteiger partial charge in [0, 0.05) is 59.9 Å². The molecule has 2 atom stereocenters. The summed E-state index contributed by atoms with van der Waals surface area (Å²) >= 11 is 0. The lowest BCUT2D eigenvalue weighted by Crippen LogP contribution is -2.55. The lowest BCUT2D eigenvalue weighted by atomic mass is 10.1. The zero-order valence-electron chi connectivity index (χ0n) is 14.9. The summed E-state index contributed by atoms with van der Waals surface area (Å²) in [6, 6.07) is 17.6. The van der Waals surface area contributed by atoms with Gasteiger partial charge in [-0.05, 0) is 26.0 Å². The summed E-state index contributed by atoms with van der Waals surface area (Å²) in [5.41, 5.74) is 2.41. The number of hydrogen-bond acceptors (Lipinski definition) is 2. The molecule has 2 heterocycles. The van der Waals surface area contributed by atoms with Gasteiger partial charge in [-0.2, -0.15) is 0 Å². The molecule has 130 valence electrons. The maximum absolute atomic E-state index is 12.7. The van der Waals surface area contributed by atoms with Crippen LogP contribution in [0.3, 0.4) is 0 Å². The first kappa shape index (κ1) is 16.2. The molecule has 0 bridgehead atoms. The van der Waals surface area contributed by atoms with Crippen molar-refractivity contribution in [3.8, 4) is 0 Å². The maximum Gasteiger partial charge on any atom is 0.224 e. The molecule has 1 N–H and O–H groups in total. The minimum absolute atomic E-state index is 0.252. The number of nitrogens with one attached hydrogen (secondary N) is 1. The van der Waals surface area contributed by atoms with E-state index in [1.807, 2.05) is 4.90 Å². The van der Waals surface area contributed by atoms with Gasteiger partial charge in [0.25, 0.3) is 0 Å². The fourth-order valence-corrected chi connectivity index (χ4v) is 4.14. The van der Waals surface area contributed by atoms with Crippen LogP contribution in [0.5, 0.6) is 0 Å². The van der Waals surface area contributed by atoms with Crippen LogP contribution in [0.25, 0.3) is 21.8 Å². The molecule has 4 heteroatoms. The molecule has 1 saturated heterocycles. The molecule has 3 aromatic rings. The Hall–Kier alpha value is -2.33. The number of amides is 1. The molecule has 0 radical (unpaired) electrons. The molecule has 0 saturated carbocycles. The summed E-state index contributed by atoms with van der Waals surface area (Å²) in [7, 11) is 0. The number of aromatic nitrogens is 1. The zero-order chi connectivity index (χ0) is 17.4. The first-order chi connectivity index (χ1) is 12.1. The minimum Gasteiger partial charge on any atom is -0.340 e. The number of rotatable bonds is 3. The first-order valence-electron chi connectivity index (χ1n) is 9.13. The molecular weight excluding hydrogens is 310 g/mol. The van der Waals surface area contributed by atoms with Crippen LogP contribution in [-0.2, 0) is 11.3 Å². The largest absolute Gasteiger partial charge is 0.340 e. The van der Waals surface area contributed by atoms with E-state index in [1.165, 1.54) is 21.8 Å². The average molecular weight is 335 g/mol. The molecular formula is C21H25N3O. The van der Waals surface area contributed by atoms with E-state index >= 15 is 0 Å². The summed E-state index contributed by atoms with van der Waals surface area (Å²) in [4.78, 5) is 14.8. The van der Waals surface area contributed by atoms with Crippen molar-refractivity contribution < 1.29 is 4.79 Å². The third-order valence-corrected chi connectivity index (χ3v) is 5.14. The van der Waals surface area contributed by atoms with E-state index in [2.05, 4.69) is 72.3 Å². The third kappa shape index (κ3) is 3.02. The van der Waals surface area contributed by atoms with Gasteiger partial charge in [0.05, 0.1) is 0 Å². The van der Waals surface area contributed by atoms with E-state index in [-0.39, 0.29) is 5.91 Å². The Morgan fingerprint density at radius 2 is 1.48 bits per heavy atom. The van der Waals surface area contributed by atoms with Gasteiger partial charge in [-0.3, -0.25) is 4.79 Å². The number of carbonyl (C=O) groups excluding carboxylic acids is 1. The van der Waals surface area contributed by atoms with Crippen molar-refractivity contribution in [3.63, 3.8) is 0 Å². The molecule has 1 aliphatic heterocycles. The van der Waals surface area contributed by atoms with E-state index in [1.54, 1.807) is 0 Å². The van der Waals surface area contributed by atoms with Crippen molar-refractivity contribution in [1.29, 1.82) is 0 Å². The van der Waals surface area contributed by atoms with Crippen molar-refractivity contribution in [1.82, 2.24) is 14.8 Å². The topological polar surface area (TPSA) is 37.3 Å². The van der Waals surface area contributed by atoms with E-state index < -0.39 is 0 Å². The first-order valence-corrected chi connectivity index (χ1v) is 9.13. The smallest absolute Gasteiger partial charge is 0.224 e. The normalized spacial score (nSPS) is 21.1. The molecule has 25 heavy (non-hydrogen) atoms. The summed E-state index contributed by atoms with van der Waals surface area (Å²) < 4.78 is 2.29. The molecule has 0 aliphatic carbocycles. The Morgan fingerprint density at radius 1 is 0.960 bits per heavy atom. The van der Waals surface area contributed by atoms with Gasteiger partial charge >= 0.3 is 0 Å². The molecule has 1 fully saturated rings. The van der Waals surface area contributed by atoms with Crippen molar-refractivity contribution in [2.24, 2.45) is 0 Å². The number of hydrogen-bond donors (Lipinski definition) is 1. The van der Waals surface area contributed by atoms with Crippen LogP contribution < -0.4 is 5.32 Å². The minimum atomic E-state index is 0.252. The number of para-hydroxylation sites is 2. The summed E-state index contributed by atoms with van der Waals surface area (Å²) in [6.07, 6.45) is 0.544. The number of fused-ring (bicyclic) bond motifs is 3. The van der Waals surface area contributed by atoms with E-state index in [0.29, 0.717) is 18.5 Å². The monoisotopic (exact) mass is 335 g/mol. The van der Waals surface area contributed by atoms with Crippen LogP contribution in [0.1, 0.15) is 20.3 Å². The molecule has 4 nitrogen and oxygen atoms in total. The molecule has 2 aromatic carbocycles. The van der Waals surface area contributed by atoms with Crippen LogP contribution in [0, 0.1) is 0 Å². The molecule has 4 rings (SSSR count). The van der Waals surface area contributed by atoms with E-state index in [4.69, 9.17) is 0 Å². The summed E-state index contributed by atoms with van der Waals surface area (Å²) in [6.45, 7) is 6.61. The van der Waals surface area contributed by atoms with Gasteiger partial charge < -0.3 is 14.8 Å². The van der Waals surface area contributed by atoms with Crippen molar-refractivity contribution >= 4 is 27.7 Å². The highest BCUT2D eigenvalue weighted by atomic mass is 16.2. The van der Waals surface area contributed by atoms with Crippen LogP contribution in [0.4, 0.5) is 0 Å². The third-order valence-electron chi connectivity index (χ3n) is 5.14. The lowest BCUT2D eigenvalue weighted by molar-refractivity contribution is -0.133. The van der Waals surface area contributed by atoms with Gasteiger partial charge in [-0.15, -0.1) is 0 Å². The van der Waals surface area contributed by atoms with Gasteiger partial charge in [0.1, 0.15) is 0 Å². The Morgan fingerprint density at radius 3 is 2.04 bits per heavy atom. The second-order valence-electron chi connectivity index (χ2n) is 7.20. The molecule has 1 aromatic heterocycles. The SMILES string of the molecule is C[C@@H]1CN(C(=O)CCn2c3ccccc3c3ccccc32)C[C@H](C)N1. The van der Waals surface area contributed by atoms with Crippen LogP contribution in [0.2, 0.25) is 0 Å². The second kappa shape index (κ2) is 6.52. The predicted molar refractivity (Wildman–Crippen MR) is 103 cm³/mol. The van der Waals surface area contributed by atoms with Crippen LogP contribution in [0.15, 0.2) is 48.5 Å². The second-order valence-corrected chi connectivity index (χ2v) is 7.20. The Labute approximate surface area is 148 Å². The quantitative estimate of drug-likeness (QED) is 0.796. The van der Waals surface area contributed by atoms with Crippen molar-refractivity contribution in [2.75, 3.05) is 13.1 Å². The van der Waals surface area contributed by atoms with Gasteiger partial charge in [0.15, 0.2) is 0 Å². The lowest BCUT2D eigenvalue weighted by Gasteiger charge is -2.36. The molecule has 1 amide bonds. The van der Waals surface area contributed by atoms with E-state index in [9.17, 15) is 4.79 Å². The average Bonchev–Trinajstić information content (AvgIpc) is 2.93. The van der Waals surface area contributed by atoms with Crippen molar-refractivity contribution in [3.05, 3.63) is 48.5 Å². The number of aryl methyl sites for hydroxylation is 1. The maximum atomic E-state index is 12.7. The highest BCUT2D eigenvalue weighted by Gasteiger charge is 2.24. The predicted octanol–water partition coefficient (Wildman–Crippen LogP) is 3.39. The fourth-order valence-electron chi connectivity index (χ4n) is 4.14. The van der Waals surface area contributed by atoms with Gasteiger partial charge in [-0.25, -0.2) is 0 Å². The van der Waals surface area contributed by atoms with Crippen LogP contribution >= 0.6 is 0 Å². The Kier molecular flexibility index (Phi) is 4.22. The number of benzene rings is 2. The Balaban J connectivity index is 1.59. The molecule has 1 aliphatic rings. The number of piperazine rings is 1. The zero-order valence-corrected chi connectivity index (χ0v) is 14.9. The highest BCUT2D eigenvalue weighted by Crippen LogP contribution is 2.28. The molecule has 0 spiro atoms. The summed E-state index contributed by atoms with van der Waals surface area (Å²) in [5, 5.41) is 6.00. The van der Waals surface area contributed by atoms with Gasteiger partial charge in [0.2, 0.25) is 5.91 Å². The summed E-state index contributed by atoms with van der Waals surface area (Å²) in [5.74, 6) is 0.252. The van der Waals surface area contributed by atoms with Crippen LogP contribution in [-0.4, -0.2) is 40.5 Å². The van der Waals surface area contributed by atoms with Crippen molar-refractivity contribution in [2.45, 2.75) is 38.9 Å². The Bertz CT molecular complexity index is 851. The standard InChI is InChI=1S/C21H25N3O/c1-15-13-23(14-16(2)22-15)21(25)11-12-24-19-9-5-3-7-17(19)18-8-4-6-10-20(18)24/h3-10,15-16,22H,11-14H2,1-2H3/t15-,16+. The van der Waals surface area contributed by atoms with E-state index in [0.717, 1.165) is 19.6 Å². The number of carbonyl (C=O) groups is 1. The number of nitrogens with zero attached hydrogens (tertiary/aromatic N) is 2. The molecule has 0 unspecified atom stereocenters. The highest BCUT2D eigenvalue weighted by molar-refractivity contribution is 6.08.